The van der Waals surface area contributed by atoms with Gasteiger partial charge < -0.3 is 10.6 Å². The molecule has 0 unspecified atom stereocenters. The molecule has 0 aliphatic rings. The molecule has 0 atom stereocenters. The fraction of sp³-hybridized carbons (Fsp3) is 0.188. The number of rotatable bonds is 6. The number of amides is 1. The molecule has 22 heavy (non-hydrogen) atoms. The van der Waals surface area contributed by atoms with Crippen molar-refractivity contribution in [3.8, 4) is 0 Å². The molecule has 2 rings (SSSR count). The van der Waals surface area contributed by atoms with E-state index in [0.717, 1.165) is 12.0 Å². The van der Waals surface area contributed by atoms with Crippen LogP contribution in [0.3, 0.4) is 0 Å². The Balaban J connectivity index is 1.74. The van der Waals surface area contributed by atoms with E-state index in [1.807, 2.05) is 24.3 Å². The molecule has 2 N–H and O–H groups in total. The van der Waals surface area contributed by atoms with Gasteiger partial charge in [-0.2, -0.15) is 0 Å². The van der Waals surface area contributed by atoms with Gasteiger partial charge in [0.1, 0.15) is 0 Å². The molecule has 6 heteroatoms. The van der Waals surface area contributed by atoms with E-state index in [2.05, 4.69) is 10.6 Å². The molecule has 2 aromatic carbocycles. The fourth-order valence-electron chi connectivity index (χ4n) is 1.91. The molecular formula is C16H15Cl3N2O. The predicted molar refractivity (Wildman–Crippen MR) is 93.1 cm³/mol. The van der Waals surface area contributed by atoms with Crippen molar-refractivity contribution in [3.05, 3.63) is 63.1 Å². The van der Waals surface area contributed by atoms with Gasteiger partial charge >= 0.3 is 0 Å². The Bertz CT molecular complexity index is 662. The highest BCUT2D eigenvalue weighted by molar-refractivity contribution is 6.36. The van der Waals surface area contributed by atoms with Crippen molar-refractivity contribution in [2.24, 2.45) is 0 Å². The SMILES string of the molecule is O=C(CNc1ccc(Cl)cc1Cl)NCCc1cccc(Cl)c1. The summed E-state index contributed by atoms with van der Waals surface area (Å²) in [7, 11) is 0. The summed E-state index contributed by atoms with van der Waals surface area (Å²) in [5.74, 6) is -0.104. The topological polar surface area (TPSA) is 41.1 Å². The normalized spacial score (nSPS) is 10.3. The summed E-state index contributed by atoms with van der Waals surface area (Å²) in [6.45, 7) is 0.700. The summed E-state index contributed by atoms with van der Waals surface area (Å²) < 4.78 is 0. The van der Waals surface area contributed by atoms with Gasteiger partial charge in [0.25, 0.3) is 0 Å². The summed E-state index contributed by atoms with van der Waals surface area (Å²) in [4.78, 5) is 11.8. The molecule has 2 aromatic rings. The number of anilines is 1. The van der Waals surface area contributed by atoms with Crippen LogP contribution in [0.15, 0.2) is 42.5 Å². The van der Waals surface area contributed by atoms with Crippen LogP contribution in [0.5, 0.6) is 0 Å². The maximum absolute atomic E-state index is 11.8. The second kappa shape index (κ2) is 8.28. The van der Waals surface area contributed by atoms with Crippen LogP contribution < -0.4 is 10.6 Å². The summed E-state index contributed by atoms with van der Waals surface area (Å²) in [6, 6.07) is 12.7. The molecule has 0 heterocycles. The summed E-state index contributed by atoms with van der Waals surface area (Å²) in [5.41, 5.74) is 1.76. The minimum atomic E-state index is -0.104. The Labute approximate surface area is 144 Å². The molecule has 1 amide bonds. The van der Waals surface area contributed by atoms with Gasteiger partial charge in [0.2, 0.25) is 5.91 Å². The van der Waals surface area contributed by atoms with Crippen molar-refractivity contribution in [1.29, 1.82) is 0 Å². The smallest absolute Gasteiger partial charge is 0.239 e. The third kappa shape index (κ3) is 5.41. The Morgan fingerprint density at radius 3 is 2.50 bits per heavy atom. The third-order valence-corrected chi connectivity index (χ3v) is 3.78. The molecule has 0 radical (unpaired) electrons. The first-order valence-corrected chi connectivity index (χ1v) is 7.88. The van der Waals surface area contributed by atoms with Crippen molar-refractivity contribution in [1.82, 2.24) is 5.32 Å². The number of hydrogen-bond acceptors (Lipinski definition) is 2. The molecular weight excluding hydrogens is 343 g/mol. The lowest BCUT2D eigenvalue weighted by Gasteiger charge is -2.09. The molecule has 116 valence electrons. The van der Waals surface area contributed by atoms with Crippen molar-refractivity contribution in [2.45, 2.75) is 6.42 Å². The zero-order valence-electron chi connectivity index (χ0n) is 11.7. The highest BCUT2D eigenvalue weighted by Gasteiger charge is 2.04. The van der Waals surface area contributed by atoms with E-state index in [9.17, 15) is 4.79 Å². The van der Waals surface area contributed by atoms with E-state index in [1.54, 1.807) is 18.2 Å². The number of halogens is 3. The molecule has 0 bridgehead atoms. The van der Waals surface area contributed by atoms with Crippen LogP contribution >= 0.6 is 34.8 Å². The van der Waals surface area contributed by atoms with Crippen LogP contribution in [0.1, 0.15) is 5.56 Å². The van der Waals surface area contributed by atoms with Gasteiger partial charge in [-0.15, -0.1) is 0 Å². The lowest BCUT2D eigenvalue weighted by molar-refractivity contribution is -0.119. The molecule has 0 aliphatic heterocycles. The number of carbonyl (C=O) groups is 1. The van der Waals surface area contributed by atoms with Crippen LogP contribution in [0, 0.1) is 0 Å². The van der Waals surface area contributed by atoms with Crippen molar-refractivity contribution >= 4 is 46.4 Å². The molecule has 0 aromatic heterocycles. The number of nitrogens with one attached hydrogen (secondary N) is 2. The summed E-state index contributed by atoms with van der Waals surface area (Å²) in [6.07, 6.45) is 0.730. The van der Waals surface area contributed by atoms with E-state index in [-0.39, 0.29) is 12.5 Å². The molecule has 0 aliphatic carbocycles. The van der Waals surface area contributed by atoms with E-state index in [4.69, 9.17) is 34.8 Å². The second-order valence-electron chi connectivity index (χ2n) is 4.71. The zero-order valence-corrected chi connectivity index (χ0v) is 14.0. The van der Waals surface area contributed by atoms with E-state index in [0.29, 0.717) is 27.3 Å². The van der Waals surface area contributed by atoms with E-state index < -0.39 is 0 Å². The Morgan fingerprint density at radius 1 is 1.00 bits per heavy atom. The van der Waals surface area contributed by atoms with Gasteiger partial charge in [-0.3, -0.25) is 4.79 Å². The van der Waals surface area contributed by atoms with Crippen molar-refractivity contribution < 1.29 is 4.79 Å². The minimum absolute atomic E-state index is 0.104. The van der Waals surface area contributed by atoms with Crippen molar-refractivity contribution in [2.75, 3.05) is 18.4 Å². The van der Waals surface area contributed by atoms with Crippen molar-refractivity contribution in [3.63, 3.8) is 0 Å². The minimum Gasteiger partial charge on any atom is -0.375 e. The summed E-state index contributed by atoms with van der Waals surface area (Å²) in [5, 5.41) is 7.55. The molecule has 0 spiro atoms. The van der Waals surface area contributed by atoms with Gasteiger partial charge in [0.05, 0.1) is 17.3 Å². The maximum Gasteiger partial charge on any atom is 0.239 e. The highest BCUT2D eigenvalue weighted by Crippen LogP contribution is 2.24. The molecule has 0 saturated heterocycles. The Hall–Kier alpha value is -1.42. The predicted octanol–water partition coefficient (Wildman–Crippen LogP) is 4.42. The largest absolute Gasteiger partial charge is 0.375 e. The summed E-state index contributed by atoms with van der Waals surface area (Å²) >= 11 is 17.7. The van der Waals surface area contributed by atoms with Crippen LogP contribution in [-0.2, 0) is 11.2 Å². The monoisotopic (exact) mass is 356 g/mol. The van der Waals surface area contributed by atoms with Crippen LogP contribution in [0.25, 0.3) is 0 Å². The first-order valence-electron chi connectivity index (χ1n) is 6.74. The standard InChI is InChI=1S/C16H15Cl3N2O/c17-12-3-1-2-11(8-12)6-7-20-16(22)10-21-15-5-4-13(18)9-14(15)19/h1-5,8-9,21H,6-7,10H2,(H,20,22). The van der Waals surface area contributed by atoms with Crippen LogP contribution in [0.4, 0.5) is 5.69 Å². The lowest BCUT2D eigenvalue weighted by Crippen LogP contribution is -2.31. The Morgan fingerprint density at radius 2 is 1.77 bits per heavy atom. The first kappa shape index (κ1) is 16.9. The lowest BCUT2D eigenvalue weighted by atomic mass is 10.1. The average Bonchev–Trinajstić information content (AvgIpc) is 2.46. The van der Waals surface area contributed by atoms with Gasteiger partial charge in [0.15, 0.2) is 0 Å². The second-order valence-corrected chi connectivity index (χ2v) is 5.99. The maximum atomic E-state index is 11.8. The first-order chi connectivity index (χ1) is 10.5. The molecule has 0 saturated carbocycles. The third-order valence-electron chi connectivity index (χ3n) is 3.00. The molecule has 3 nitrogen and oxygen atoms in total. The number of hydrogen-bond donors (Lipinski definition) is 2. The Kier molecular flexibility index (Phi) is 6.37. The molecule has 0 fully saturated rings. The van der Waals surface area contributed by atoms with Crippen LogP contribution in [-0.4, -0.2) is 19.0 Å². The number of benzene rings is 2. The van der Waals surface area contributed by atoms with Gasteiger partial charge in [-0.25, -0.2) is 0 Å². The quantitative estimate of drug-likeness (QED) is 0.803. The van der Waals surface area contributed by atoms with E-state index in [1.165, 1.54) is 0 Å². The van der Waals surface area contributed by atoms with Crippen LogP contribution in [0.2, 0.25) is 15.1 Å². The van der Waals surface area contributed by atoms with Gasteiger partial charge in [0, 0.05) is 16.6 Å². The highest BCUT2D eigenvalue weighted by atomic mass is 35.5. The fourth-order valence-corrected chi connectivity index (χ4v) is 2.60. The van der Waals surface area contributed by atoms with E-state index >= 15 is 0 Å². The average molecular weight is 358 g/mol. The number of carbonyl (C=O) groups excluding carboxylic acids is 1. The van der Waals surface area contributed by atoms with Gasteiger partial charge in [-0.05, 0) is 42.3 Å². The van der Waals surface area contributed by atoms with Gasteiger partial charge in [-0.1, -0.05) is 46.9 Å². The zero-order chi connectivity index (χ0) is 15.9.